The van der Waals surface area contributed by atoms with Crippen LogP contribution in [0.25, 0.3) is 0 Å². The Morgan fingerprint density at radius 2 is 2.10 bits per heavy atom. The lowest BCUT2D eigenvalue weighted by Gasteiger charge is -2.30. The minimum absolute atomic E-state index is 0.0739. The molecule has 1 aromatic heterocycles. The molecule has 0 amide bonds. The third kappa shape index (κ3) is 3.46. The molecule has 1 atom stereocenters. The van der Waals surface area contributed by atoms with Crippen LogP contribution in [0.2, 0.25) is 0 Å². The van der Waals surface area contributed by atoms with Gasteiger partial charge >= 0.3 is 5.69 Å². The normalized spacial score (nSPS) is 17.7. The van der Waals surface area contributed by atoms with Crippen molar-refractivity contribution in [2.75, 3.05) is 5.32 Å². The second-order valence-corrected chi connectivity index (χ2v) is 5.63. The lowest BCUT2D eigenvalue weighted by molar-refractivity contribution is -0.384. The smallest absolute Gasteiger partial charge is 0.311 e. The van der Waals surface area contributed by atoms with Crippen LogP contribution in [0.3, 0.4) is 0 Å². The summed E-state index contributed by atoms with van der Waals surface area (Å²) in [6.45, 7) is 3.99. The van der Waals surface area contributed by atoms with Crippen molar-refractivity contribution in [2.45, 2.75) is 58.4 Å². The van der Waals surface area contributed by atoms with E-state index in [9.17, 15) is 10.1 Å². The fraction of sp³-hybridized carbons (Fsp3) is 0.667. The van der Waals surface area contributed by atoms with Gasteiger partial charge in [-0.1, -0.05) is 26.2 Å². The number of nitro groups is 1. The number of aromatic nitrogens is 1. The molecule has 0 spiro atoms. The highest BCUT2D eigenvalue weighted by atomic mass is 16.6. The number of anilines is 1. The van der Waals surface area contributed by atoms with E-state index in [1.165, 1.54) is 38.2 Å². The molecule has 5 nitrogen and oxygen atoms in total. The van der Waals surface area contributed by atoms with Gasteiger partial charge in [0, 0.05) is 17.8 Å². The first-order valence-corrected chi connectivity index (χ1v) is 7.50. The fourth-order valence-corrected chi connectivity index (χ4v) is 3.07. The maximum atomic E-state index is 11.1. The van der Waals surface area contributed by atoms with Crippen LogP contribution in [-0.4, -0.2) is 15.9 Å². The standard InChI is InChI=1S/C15H23N3O2/c1-3-13(12-7-5-4-6-8-12)17-15-14(18(19)20)10-9-11(2)16-15/h9-10,12-13H,3-8H2,1-2H3,(H,16,17). The average molecular weight is 277 g/mol. The second kappa shape index (κ2) is 6.68. The zero-order valence-corrected chi connectivity index (χ0v) is 12.3. The van der Waals surface area contributed by atoms with Crippen LogP contribution >= 0.6 is 0 Å². The van der Waals surface area contributed by atoms with Gasteiger partial charge in [-0.3, -0.25) is 10.1 Å². The Labute approximate surface area is 119 Å². The monoisotopic (exact) mass is 277 g/mol. The predicted octanol–water partition coefficient (Wildman–Crippen LogP) is 4.07. The van der Waals surface area contributed by atoms with Gasteiger partial charge in [0.15, 0.2) is 0 Å². The van der Waals surface area contributed by atoms with Crippen LogP contribution in [0.15, 0.2) is 12.1 Å². The quantitative estimate of drug-likeness (QED) is 0.650. The van der Waals surface area contributed by atoms with Gasteiger partial charge in [-0.15, -0.1) is 0 Å². The Kier molecular flexibility index (Phi) is 4.93. The average Bonchev–Trinajstić information content (AvgIpc) is 2.45. The molecular weight excluding hydrogens is 254 g/mol. The van der Waals surface area contributed by atoms with Crippen LogP contribution in [-0.2, 0) is 0 Å². The molecule has 2 rings (SSSR count). The number of hydrogen-bond donors (Lipinski definition) is 1. The molecule has 0 saturated heterocycles. The summed E-state index contributed by atoms with van der Waals surface area (Å²) < 4.78 is 0. The first-order chi connectivity index (χ1) is 9.61. The number of nitrogens with one attached hydrogen (secondary N) is 1. The van der Waals surface area contributed by atoms with Gasteiger partial charge in [0.1, 0.15) is 0 Å². The Hall–Kier alpha value is -1.65. The molecule has 1 aliphatic rings. The highest BCUT2D eigenvalue weighted by molar-refractivity contribution is 5.56. The van der Waals surface area contributed by atoms with E-state index in [4.69, 9.17) is 0 Å². The third-order valence-electron chi connectivity index (χ3n) is 4.19. The largest absolute Gasteiger partial charge is 0.361 e. The van der Waals surface area contributed by atoms with E-state index in [2.05, 4.69) is 17.2 Å². The molecule has 5 heteroatoms. The molecule has 1 heterocycles. The first-order valence-electron chi connectivity index (χ1n) is 7.50. The van der Waals surface area contributed by atoms with E-state index >= 15 is 0 Å². The molecule has 1 aromatic rings. The fourth-order valence-electron chi connectivity index (χ4n) is 3.07. The van der Waals surface area contributed by atoms with Gasteiger partial charge in [-0.25, -0.2) is 4.98 Å². The molecule has 1 aliphatic carbocycles. The van der Waals surface area contributed by atoms with Gasteiger partial charge in [-0.05, 0) is 38.2 Å². The van der Waals surface area contributed by atoms with Gasteiger partial charge in [0.2, 0.25) is 5.82 Å². The number of hydrogen-bond acceptors (Lipinski definition) is 4. The van der Waals surface area contributed by atoms with Crippen LogP contribution < -0.4 is 5.32 Å². The molecule has 0 aliphatic heterocycles. The zero-order valence-electron chi connectivity index (χ0n) is 12.3. The van der Waals surface area contributed by atoms with Crippen molar-refractivity contribution in [3.05, 3.63) is 27.9 Å². The summed E-state index contributed by atoms with van der Waals surface area (Å²) in [5, 5.41) is 14.4. The highest BCUT2D eigenvalue weighted by Crippen LogP contribution is 2.31. The van der Waals surface area contributed by atoms with Crippen molar-refractivity contribution < 1.29 is 4.92 Å². The van der Waals surface area contributed by atoms with Crippen molar-refractivity contribution in [3.8, 4) is 0 Å². The maximum absolute atomic E-state index is 11.1. The molecular formula is C15H23N3O2. The van der Waals surface area contributed by atoms with E-state index in [-0.39, 0.29) is 16.7 Å². The Bertz CT molecular complexity index is 470. The molecule has 1 N–H and O–H groups in total. The SMILES string of the molecule is CCC(Nc1nc(C)ccc1[N+](=O)[O-])C1CCCCC1. The minimum atomic E-state index is -0.359. The lowest BCUT2D eigenvalue weighted by atomic mass is 9.83. The Balaban J connectivity index is 2.17. The van der Waals surface area contributed by atoms with Gasteiger partial charge in [-0.2, -0.15) is 0 Å². The van der Waals surface area contributed by atoms with Crippen molar-refractivity contribution in [1.29, 1.82) is 0 Å². The second-order valence-electron chi connectivity index (χ2n) is 5.63. The van der Waals surface area contributed by atoms with Crippen LogP contribution in [0.4, 0.5) is 11.5 Å². The topological polar surface area (TPSA) is 68.1 Å². The third-order valence-corrected chi connectivity index (χ3v) is 4.19. The van der Waals surface area contributed by atoms with Crippen LogP contribution in [0, 0.1) is 23.0 Å². The molecule has 0 aromatic carbocycles. The van der Waals surface area contributed by atoms with Crippen LogP contribution in [0.1, 0.15) is 51.1 Å². The van der Waals surface area contributed by atoms with Gasteiger partial charge in [0.25, 0.3) is 0 Å². The van der Waals surface area contributed by atoms with Gasteiger partial charge < -0.3 is 5.32 Å². The Morgan fingerprint density at radius 3 is 2.70 bits per heavy atom. The lowest BCUT2D eigenvalue weighted by Crippen LogP contribution is -2.30. The molecule has 1 fully saturated rings. The van der Waals surface area contributed by atoms with E-state index in [0.717, 1.165) is 12.1 Å². The summed E-state index contributed by atoms with van der Waals surface area (Å²) in [4.78, 5) is 15.1. The molecule has 0 bridgehead atoms. The van der Waals surface area contributed by atoms with Crippen molar-refractivity contribution >= 4 is 11.5 Å². The number of nitrogens with zero attached hydrogens (tertiary/aromatic N) is 2. The summed E-state index contributed by atoms with van der Waals surface area (Å²) in [5.74, 6) is 1.03. The van der Waals surface area contributed by atoms with E-state index in [1.807, 2.05) is 6.92 Å². The molecule has 1 unspecified atom stereocenters. The summed E-state index contributed by atoms with van der Waals surface area (Å²) in [6.07, 6.45) is 7.25. The molecule has 0 radical (unpaired) electrons. The van der Waals surface area contributed by atoms with Crippen molar-refractivity contribution in [2.24, 2.45) is 5.92 Å². The van der Waals surface area contributed by atoms with E-state index < -0.39 is 0 Å². The minimum Gasteiger partial charge on any atom is -0.361 e. The first kappa shape index (κ1) is 14.8. The summed E-state index contributed by atoms with van der Waals surface area (Å²) in [6, 6.07) is 3.51. The molecule has 20 heavy (non-hydrogen) atoms. The van der Waals surface area contributed by atoms with E-state index in [0.29, 0.717) is 11.7 Å². The van der Waals surface area contributed by atoms with Crippen molar-refractivity contribution in [3.63, 3.8) is 0 Å². The summed E-state index contributed by atoms with van der Waals surface area (Å²) in [7, 11) is 0. The number of rotatable bonds is 5. The van der Waals surface area contributed by atoms with E-state index in [1.54, 1.807) is 6.07 Å². The summed E-state index contributed by atoms with van der Waals surface area (Å²) >= 11 is 0. The molecule has 1 saturated carbocycles. The van der Waals surface area contributed by atoms with Crippen molar-refractivity contribution in [1.82, 2.24) is 4.98 Å². The number of pyridine rings is 1. The number of aryl methyl sites for hydroxylation is 1. The zero-order chi connectivity index (χ0) is 14.5. The van der Waals surface area contributed by atoms with Crippen LogP contribution in [0.5, 0.6) is 0 Å². The highest BCUT2D eigenvalue weighted by Gasteiger charge is 2.25. The molecule has 110 valence electrons. The Morgan fingerprint density at radius 1 is 1.40 bits per heavy atom. The summed E-state index contributed by atoms with van der Waals surface area (Å²) in [5.41, 5.74) is 0.876. The maximum Gasteiger partial charge on any atom is 0.311 e. The predicted molar refractivity (Wildman–Crippen MR) is 79.9 cm³/mol. The van der Waals surface area contributed by atoms with Gasteiger partial charge in [0.05, 0.1) is 4.92 Å².